The molecule has 0 aromatic heterocycles. The van der Waals surface area contributed by atoms with Crippen molar-refractivity contribution in [2.24, 2.45) is 5.92 Å². The molecule has 0 aliphatic carbocycles. The lowest BCUT2D eigenvalue weighted by molar-refractivity contribution is -0.118. The van der Waals surface area contributed by atoms with Gasteiger partial charge in [0.05, 0.1) is 17.8 Å². The minimum atomic E-state index is -1.09. The lowest BCUT2D eigenvalue weighted by atomic mass is 9.93. The molecule has 0 unspecified atom stereocenters. The zero-order valence-corrected chi connectivity index (χ0v) is 16.9. The minimum Gasteiger partial charge on any atom is -0.507 e. The molecule has 154 valence electrons. The number of carbonyl (C=O) groups is 2. The second kappa shape index (κ2) is 10.2. The Hall–Kier alpha value is -2.44. The number of carbonyl (C=O) groups excluding carboxylic acids is 1. The number of hydrogen-bond acceptors (Lipinski definition) is 5. The predicted molar refractivity (Wildman–Crippen MR) is 108 cm³/mol. The van der Waals surface area contributed by atoms with Crippen LogP contribution in [-0.2, 0) is 17.6 Å². The molecule has 1 rings (SSSR count). The summed E-state index contributed by atoms with van der Waals surface area (Å²) in [4.78, 5) is 23.6. The highest BCUT2D eigenvalue weighted by Gasteiger charge is 2.17. The highest BCUT2D eigenvalue weighted by atomic mass is 16.4. The largest absolute Gasteiger partial charge is 0.507 e. The first-order valence-corrected chi connectivity index (χ1v) is 9.24. The van der Waals surface area contributed by atoms with Crippen LogP contribution in [0.25, 0.3) is 0 Å². The van der Waals surface area contributed by atoms with Gasteiger partial charge in [0, 0.05) is 5.92 Å². The van der Waals surface area contributed by atoms with Gasteiger partial charge >= 0.3 is 5.97 Å². The van der Waals surface area contributed by atoms with Crippen LogP contribution in [0.3, 0.4) is 0 Å². The minimum absolute atomic E-state index is 0.0127. The number of aromatic hydroxyl groups is 1. The van der Waals surface area contributed by atoms with Gasteiger partial charge in [-0.15, -0.1) is 0 Å². The molecule has 0 saturated carbocycles. The Labute approximate surface area is 165 Å². The molecule has 0 fully saturated rings. The number of hydrogen-bond donors (Lipinski definition) is 4. The van der Waals surface area contributed by atoms with Gasteiger partial charge in [0.2, 0.25) is 0 Å². The number of allylic oxidation sites excluding steroid dienone is 2. The second-order valence-corrected chi connectivity index (χ2v) is 7.69. The molecule has 1 atom stereocenters. The number of aliphatic hydroxyl groups is 2. The normalized spacial score (nSPS) is 13.7. The van der Waals surface area contributed by atoms with Crippen molar-refractivity contribution in [1.29, 1.82) is 0 Å². The molecule has 4 N–H and O–H groups in total. The molecular weight excluding hydrogens is 360 g/mol. The zero-order valence-electron chi connectivity index (χ0n) is 16.9. The van der Waals surface area contributed by atoms with Crippen LogP contribution in [0.15, 0.2) is 35.9 Å². The second-order valence-electron chi connectivity index (χ2n) is 7.69. The summed E-state index contributed by atoms with van der Waals surface area (Å²) < 4.78 is 0. The van der Waals surface area contributed by atoms with Gasteiger partial charge < -0.3 is 20.4 Å². The van der Waals surface area contributed by atoms with Gasteiger partial charge in [0.15, 0.2) is 5.78 Å². The molecular formula is C22H30O6. The molecule has 0 aliphatic heterocycles. The van der Waals surface area contributed by atoms with Gasteiger partial charge in [-0.05, 0) is 69.4 Å². The Balaban J connectivity index is 3.00. The first kappa shape index (κ1) is 23.6. The first-order chi connectivity index (χ1) is 12.9. The summed E-state index contributed by atoms with van der Waals surface area (Å²) in [6.45, 7) is 6.54. The number of ketones is 1. The molecule has 1 aromatic carbocycles. The Kier molecular flexibility index (Phi) is 8.60. The smallest absolute Gasteiger partial charge is 0.335 e. The number of rotatable bonds is 10. The molecule has 1 aromatic rings. The van der Waals surface area contributed by atoms with Gasteiger partial charge in [-0.3, -0.25) is 4.79 Å². The molecule has 0 saturated heterocycles. The van der Waals surface area contributed by atoms with Crippen LogP contribution < -0.4 is 0 Å². The lowest BCUT2D eigenvalue weighted by Crippen LogP contribution is -2.16. The molecule has 0 amide bonds. The summed E-state index contributed by atoms with van der Waals surface area (Å²) in [7, 11) is 0. The van der Waals surface area contributed by atoms with Crippen LogP contribution >= 0.6 is 0 Å². The van der Waals surface area contributed by atoms with E-state index < -0.39 is 11.6 Å². The number of carboxylic acid groups (broad SMARTS) is 1. The third-order valence-electron chi connectivity index (χ3n) is 4.42. The Morgan fingerprint density at radius 1 is 1.21 bits per heavy atom. The molecule has 0 radical (unpaired) electrons. The number of aromatic carboxylic acids is 1. The summed E-state index contributed by atoms with van der Waals surface area (Å²) >= 11 is 0. The molecule has 0 heterocycles. The third-order valence-corrected chi connectivity index (χ3v) is 4.42. The summed E-state index contributed by atoms with van der Waals surface area (Å²) in [6.07, 6.45) is 5.59. The van der Waals surface area contributed by atoms with Crippen LogP contribution in [0.4, 0.5) is 0 Å². The number of phenols is 1. The topological polar surface area (TPSA) is 115 Å². The van der Waals surface area contributed by atoms with Crippen molar-refractivity contribution >= 4 is 11.8 Å². The maximum Gasteiger partial charge on any atom is 0.335 e. The zero-order chi connectivity index (χ0) is 21.5. The quantitative estimate of drug-likeness (QED) is 0.361. The number of aliphatic hydroxyl groups excluding tert-OH is 1. The van der Waals surface area contributed by atoms with E-state index in [2.05, 4.69) is 0 Å². The molecule has 0 aliphatic rings. The maximum atomic E-state index is 12.2. The third kappa shape index (κ3) is 7.66. The number of carboxylic acids is 1. The van der Waals surface area contributed by atoms with E-state index in [9.17, 15) is 24.9 Å². The van der Waals surface area contributed by atoms with Gasteiger partial charge in [-0.25, -0.2) is 4.79 Å². The highest BCUT2D eigenvalue weighted by Crippen LogP contribution is 2.28. The van der Waals surface area contributed by atoms with E-state index in [0.29, 0.717) is 30.4 Å². The van der Waals surface area contributed by atoms with E-state index >= 15 is 0 Å². The van der Waals surface area contributed by atoms with Crippen LogP contribution in [0.5, 0.6) is 5.75 Å². The average molecular weight is 390 g/mol. The summed E-state index contributed by atoms with van der Waals surface area (Å²) in [5.41, 5.74) is 0.649. The fourth-order valence-corrected chi connectivity index (χ4v) is 2.54. The molecule has 0 bridgehead atoms. The Bertz CT molecular complexity index is 768. The van der Waals surface area contributed by atoms with Gasteiger partial charge in [0.1, 0.15) is 5.75 Å². The van der Waals surface area contributed by atoms with Crippen molar-refractivity contribution in [2.75, 3.05) is 6.61 Å². The molecule has 0 spiro atoms. The van der Waals surface area contributed by atoms with Gasteiger partial charge in [-0.1, -0.05) is 24.6 Å². The van der Waals surface area contributed by atoms with Crippen LogP contribution in [0, 0.1) is 5.92 Å². The van der Waals surface area contributed by atoms with Gasteiger partial charge in [-0.2, -0.15) is 0 Å². The van der Waals surface area contributed by atoms with Crippen molar-refractivity contribution < 1.29 is 30.0 Å². The van der Waals surface area contributed by atoms with Crippen LogP contribution in [0.1, 0.15) is 55.6 Å². The van der Waals surface area contributed by atoms with E-state index in [1.807, 2.05) is 0 Å². The standard InChI is InChI=1S/C22H30O6/c1-14(13-23)5-7-16-11-18(21(26)27)12-17(20(16)25)8-6-15(2)19(24)9-10-22(3,4)28/h5,9-12,15,23,25,28H,6-8,13H2,1-4H3,(H,26,27)/t15-/m1/s1. The molecule has 28 heavy (non-hydrogen) atoms. The first-order valence-electron chi connectivity index (χ1n) is 9.24. The number of phenolic OH excluding ortho intramolecular Hbond substituents is 1. The van der Waals surface area contributed by atoms with Gasteiger partial charge in [0.25, 0.3) is 0 Å². The van der Waals surface area contributed by atoms with Crippen molar-refractivity contribution in [3.8, 4) is 5.75 Å². The fraction of sp³-hybridized carbons (Fsp3) is 0.455. The highest BCUT2D eigenvalue weighted by molar-refractivity contribution is 5.91. The number of benzene rings is 1. The van der Waals surface area contributed by atoms with E-state index in [0.717, 1.165) is 5.57 Å². The fourth-order valence-electron chi connectivity index (χ4n) is 2.54. The van der Waals surface area contributed by atoms with E-state index in [-0.39, 0.29) is 29.6 Å². The van der Waals surface area contributed by atoms with Crippen molar-refractivity contribution in [1.82, 2.24) is 0 Å². The van der Waals surface area contributed by atoms with Crippen molar-refractivity contribution in [3.05, 3.63) is 52.6 Å². The van der Waals surface area contributed by atoms with Crippen LogP contribution in [0.2, 0.25) is 0 Å². The maximum absolute atomic E-state index is 12.2. The van der Waals surface area contributed by atoms with E-state index in [1.54, 1.807) is 33.8 Å². The summed E-state index contributed by atoms with van der Waals surface area (Å²) in [5, 5.41) is 38.6. The molecule has 6 nitrogen and oxygen atoms in total. The average Bonchev–Trinajstić information content (AvgIpc) is 2.62. The van der Waals surface area contributed by atoms with E-state index in [1.165, 1.54) is 24.3 Å². The van der Waals surface area contributed by atoms with Crippen LogP contribution in [-0.4, -0.2) is 44.4 Å². The molecule has 6 heteroatoms. The number of aryl methyl sites for hydroxylation is 1. The Morgan fingerprint density at radius 3 is 2.36 bits per heavy atom. The van der Waals surface area contributed by atoms with Crippen molar-refractivity contribution in [2.45, 2.75) is 52.6 Å². The SMILES string of the molecule is CC(=CCc1cc(C(=O)O)cc(CC[C@@H](C)C(=O)C=CC(C)(C)O)c1O)CO. The van der Waals surface area contributed by atoms with Crippen molar-refractivity contribution in [3.63, 3.8) is 0 Å². The Morgan fingerprint density at radius 2 is 1.82 bits per heavy atom. The predicted octanol–water partition coefficient (Wildman–Crippen LogP) is 3.04. The summed E-state index contributed by atoms with van der Waals surface area (Å²) in [6, 6.07) is 2.84. The monoisotopic (exact) mass is 390 g/mol. The lowest BCUT2D eigenvalue weighted by Gasteiger charge is -2.14. The van der Waals surface area contributed by atoms with E-state index in [4.69, 9.17) is 5.11 Å². The summed E-state index contributed by atoms with van der Waals surface area (Å²) in [5.74, 6) is -1.56.